The quantitative estimate of drug-likeness (QED) is 0.731. The van der Waals surface area contributed by atoms with Crippen LogP contribution in [0.3, 0.4) is 0 Å². The van der Waals surface area contributed by atoms with Gasteiger partial charge in [0.05, 0.1) is 11.4 Å². The number of unbranched alkanes of at least 4 members (excludes halogenated alkanes) is 1. The van der Waals surface area contributed by atoms with Crippen molar-refractivity contribution in [1.29, 1.82) is 0 Å². The monoisotopic (exact) mass is 378 g/mol. The molecule has 0 bridgehead atoms. The first-order valence-electron chi connectivity index (χ1n) is 8.40. The zero-order chi connectivity index (χ0) is 16.9. The van der Waals surface area contributed by atoms with E-state index in [-0.39, 0.29) is 5.54 Å². The van der Waals surface area contributed by atoms with Crippen molar-refractivity contribution >= 4 is 15.9 Å². The van der Waals surface area contributed by atoms with Crippen molar-refractivity contribution in [2.45, 2.75) is 65.6 Å². The summed E-state index contributed by atoms with van der Waals surface area (Å²) in [5, 5.41) is 12.2. The molecule has 0 saturated carbocycles. The van der Waals surface area contributed by atoms with Crippen LogP contribution in [0.4, 0.5) is 0 Å². The van der Waals surface area contributed by atoms with Gasteiger partial charge in [0.1, 0.15) is 0 Å². The fraction of sp³-hybridized carbons (Fsp3) is 0.556. The topological polar surface area (TPSA) is 42.7 Å². The molecule has 1 aromatic carbocycles. The van der Waals surface area contributed by atoms with Crippen molar-refractivity contribution in [2.24, 2.45) is 0 Å². The second-order valence-corrected chi connectivity index (χ2v) is 7.15. The van der Waals surface area contributed by atoms with E-state index in [9.17, 15) is 0 Å². The lowest BCUT2D eigenvalue weighted by molar-refractivity contribution is 0.322. The highest BCUT2D eigenvalue weighted by Crippen LogP contribution is 2.29. The van der Waals surface area contributed by atoms with E-state index in [1.54, 1.807) is 0 Å². The van der Waals surface area contributed by atoms with Crippen molar-refractivity contribution in [1.82, 2.24) is 20.3 Å². The maximum atomic E-state index is 4.20. The lowest BCUT2D eigenvalue weighted by atomic mass is 9.86. The summed E-state index contributed by atoms with van der Waals surface area (Å²) in [6.07, 6.45) is 3.49. The van der Waals surface area contributed by atoms with Gasteiger partial charge in [-0.25, -0.2) is 4.68 Å². The van der Waals surface area contributed by atoms with Gasteiger partial charge in [-0.1, -0.05) is 53.0 Å². The summed E-state index contributed by atoms with van der Waals surface area (Å²) in [5.74, 6) is 0. The first kappa shape index (κ1) is 18.1. The molecule has 1 aromatic heterocycles. The second-order valence-electron chi connectivity index (χ2n) is 6.24. The van der Waals surface area contributed by atoms with Crippen LogP contribution in [-0.4, -0.2) is 15.0 Å². The zero-order valence-electron chi connectivity index (χ0n) is 14.6. The molecule has 0 amide bonds. The van der Waals surface area contributed by atoms with E-state index in [0.29, 0.717) is 0 Å². The summed E-state index contributed by atoms with van der Waals surface area (Å²) in [4.78, 5) is 0. The molecule has 0 aliphatic carbocycles. The average Bonchev–Trinajstić information content (AvgIpc) is 2.91. The molecule has 5 heteroatoms. The maximum Gasteiger partial charge on any atom is 0.0841 e. The third kappa shape index (κ3) is 4.42. The Morgan fingerprint density at radius 3 is 2.74 bits per heavy atom. The van der Waals surface area contributed by atoms with Gasteiger partial charge in [-0.15, -0.1) is 5.10 Å². The summed E-state index contributed by atoms with van der Waals surface area (Å²) in [5.41, 5.74) is 3.43. The molecule has 2 aromatic rings. The number of nitrogens with zero attached hydrogens (tertiary/aromatic N) is 3. The van der Waals surface area contributed by atoms with E-state index in [4.69, 9.17) is 0 Å². The van der Waals surface area contributed by atoms with Crippen LogP contribution < -0.4 is 5.32 Å². The summed E-state index contributed by atoms with van der Waals surface area (Å²) >= 11 is 3.60. The molecule has 2 rings (SSSR count). The van der Waals surface area contributed by atoms with E-state index in [2.05, 4.69) is 76.6 Å². The van der Waals surface area contributed by atoms with Gasteiger partial charge < -0.3 is 5.32 Å². The standard InChI is InChI=1S/C18H27BrN4/c1-5-7-11-18(4,15-9-8-10-16(19)12-15)20-13-17-14(3)21-22-23(17)6-2/h8-10,12,20H,5-7,11,13H2,1-4H3. The van der Waals surface area contributed by atoms with Crippen LogP contribution in [-0.2, 0) is 18.6 Å². The number of nitrogens with one attached hydrogen (secondary N) is 1. The SMILES string of the molecule is CCCCC(C)(NCc1c(C)nnn1CC)c1cccc(Br)c1. The molecular formula is C18H27BrN4. The average molecular weight is 379 g/mol. The molecule has 0 aliphatic heterocycles. The van der Waals surface area contributed by atoms with Gasteiger partial charge in [-0.3, -0.25) is 0 Å². The molecule has 0 saturated heterocycles. The van der Waals surface area contributed by atoms with E-state index in [0.717, 1.165) is 29.7 Å². The van der Waals surface area contributed by atoms with Crippen LogP contribution >= 0.6 is 15.9 Å². The Kier molecular flexibility index (Phi) is 6.36. The predicted molar refractivity (Wildman–Crippen MR) is 98.3 cm³/mol. The Hall–Kier alpha value is -1.20. The lowest BCUT2D eigenvalue weighted by Gasteiger charge is -2.32. The van der Waals surface area contributed by atoms with Gasteiger partial charge in [0.25, 0.3) is 0 Å². The van der Waals surface area contributed by atoms with Crippen molar-refractivity contribution < 1.29 is 0 Å². The molecule has 1 N–H and O–H groups in total. The van der Waals surface area contributed by atoms with Crippen LogP contribution in [0.15, 0.2) is 28.7 Å². The maximum absolute atomic E-state index is 4.20. The molecule has 0 radical (unpaired) electrons. The van der Waals surface area contributed by atoms with Crippen LogP contribution in [0.5, 0.6) is 0 Å². The molecule has 1 atom stereocenters. The fourth-order valence-corrected chi connectivity index (χ4v) is 3.27. The number of hydrogen-bond acceptors (Lipinski definition) is 3. The molecule has 4 nitrogen and oxygen atoms in total. The van der Waals surface area contributed by atoms with Crippen LogP contribution in [0.25, 0.3) is 0 Å². The predicted octanol–water partition coefficient (Wildman–Crippen LogP) is 4.56. The molecule has 1 unspecified atom stereocenters. The number of benzene rings is 1. The van der Waals surface area contributed by atoms with E-state index in [1.165, 1.54) is 24.1 Å². The Bertz CT molecular complexity index is 638. The first-order valence-corrected chi connectivity index (χ1v) is 9.19. The van der Waals surface area contributed by atoms with Gasteiger partial charge in [0, 0.05) is 23.1 Å². The molecule has 0 aliphatic rings. The first-order chi connectivity index (χ1) is 11.0. The largest absolute Gasteiger partial charge is 0.302 e. The van der Waals surface area contributed by atoms with Crippen molar-refractivity contribution in [2.75, 3.05) is 0 Å². The van der Waals surface area contributed by atoms with E-state index in [1.807, 2.05) is 11.6 Å². The van der Waals surface area contributed by atoms with Crippen molar-refractivity contribution in [3.05, 3.63) is 45.7 Å². The smallest absolute Gasteiger partial charge is 0.0841 e. The van der Waals surface area contributed by atoms with Gasteiger partial charge in [-0.05, 0) is 44.9 Å². The minimum Gasteiger partial charge on any atom is -0.302 e. The molecule has 1 heterocycles. The molecule has 0 fully saturated rings. The van der Waals surface area contributed by atoms with Gasteiger partial charge in [0.2, 0.25) is 0 Å². The number of aromatic nitrogens is 3. The number of hydrogen-bond donors (Lipinski definition) is 1. The van der Waals surface area contributed by atoms with Crippen molar-refractivity contribution in [3.63, 3.8) is 0 Å². The number of aryl methyl sites for hydroxylation is 2. The summed E-state index contributed by atoms with van der Waals surface area (Å²) in [6, 6.07) is 8.60. The Labute approximate surface area is 147 Å². The molecular weight excluding hydrogens is 352 g/mol. The summed E-state index contributed by atoms with van der Waals surface area (Å²) in [6.45, 7) is 10.3. The Morgan fingerprint density at radius 1 is 1.30 bits per heavy atom. The van der Waals surface area contributed by atoms with Crippen LogP contribution in [0.1, 0.15) is 57.0 Å². The normalized spacial score (nSPS) is 14.0. The Balaban J connectivity index is 2.23. The van der Waals surface area contributed by atoms with E-state index >= 15 is 0 Å². The summed E-state index contributed by atoms with van der Waals surface area (Å²) in [7, 11) is 0. The highest BCUT2D eigenvalue weighted by molar-refractivity contribution is 9.10. The van der Waals surface area contributed by atoms with Gasteiger partial charge in [-0.2, -0.15) is 0 Å². The van der Waals surface area contributed by atoms with Crippen LogP contribution in [0.2, 0.25) is 0 Å². The number of rotatable bonds is 8. The Morgan fingerprint density at radius 2 is 2.09 bits per heavy atom. The molecule has 126 valence electrons. The fourth-order valence-electron chi connectivity index (χ4n) is 2.87. The highest BCUT2D eigenvalue weighted by Gasteiger charge is 2.26. The second kappa shape index (κ2) is 8.06. The van der Waals surface area contributed by atoms with Gasteiger partial charge >= 0.3 is 0 Å². The highest BCUT2D eigenvalue weighted by atomic mass is 79.9. The minimum atomic E-state index is -0.0604. The molecule has 23 heavy (non-hydrogen) atoms. The van der Waals surface area contributed by atoms with Gasteiger partial charge in [0.15, 0.2) is 0 Å². The minimum absolute atomic E-state index is 0.0604. The van der Waals surface area contributed by atoms with Crippen molar-refractivity contribution in [3.8, 4) is 0 Å². The molecule has 0 spiro atoms. The third-order valence-electron chi connectivity index (χ3n) is 4.47. The zero-order valence-corrected chi connectivity index (χ0v) is 16.2. The number of halogens is 1. The summed E-state index contributed by atoms with van der Waals surface area (Å²) < 4.78 is 3.10. The van der Waals surface area contributed by atoms with E-state index < -0.39 is 0 Å². The lowest BCUT2D eigenvalue weighted by Crippen LogP contribution is -2.39. The third-order valence-corrected chi connectivity index (χ3v) is 4.96. The van der Waals surface area contributed by atoms with Crippen LogP contribution in [0, 0.1) is 6.92 Å².